The van der Waals surface area contributed by atoms with Gasteiger partial charge < -0.3 is 9.47 Å². The summed E-state index contributed by atoms with van der Waals surface area (Å²) in [5.74, 6) is -2.46. The van der Waals surface area contributed by atoms with Crippen LogP contribution in [-0.4, -0.2) is 16.7 Å². The summed E-state index contributed by atoms with van der Waals surface area (Å²) in [6.45, 7) is 3.22. The molecule has 23 heavy (non-hydrogen) atoms. The third-order valence-corrected chi connectivity index (χ3v) is 5.00. The highest BCUT2D eigenvalue weighted by Gasteiger charge is 2.77. The van der Waals surface area contributed by atoms with E-state index < -0.39 is 34.5 Å². The molecule has 1 aromatic heterocycles. The highest BCUT2D eigenvalue weighted by atomic mass is 16.7. The lowest BCUT2D eigenvalue weighted by Crippen LogP contribution is -2.71. The van der Waals surface area contributed by atoms with E-state index in [-0.39, 0.29) is 0 Å². The van der Waals surface area contributed by atoms with Gasteiger partial charge in [0.25, 0.3) is 0 Å². The zero-order valence-electron chi connectivity index (χ0n) is 12.6. The summed E-state index contributed by atoms with van der Waals surface area (Å²) in [4.78, 5) is 3.93. The number of rotatable bonds is 1. The average molecular weight is 307 g/mol. The maximum atomic E-state index is 9.90. The molecule has 7 heteroatoms. The molecule has 3 saturated heterocycles. The van der Waals surface area contributed by atoms with Crippen LogP contribution in [-0.2, 0) is 9.47 Å². The van der Waals surface area contributed by atoms with Gasteiger partial charge in [0, 0.05) is 19.3 Å². The number of aromatic nitrogens is 1. The zero-order chi connectivity index (χ0) is 16.9. The number of nitrogens with zero attached hydrogens (tertiary/aromatic N) is 4. The summed E-state index contributed by atoms with van der Waals surface area (Å²) in [7, 11) is 0. The summed E-state index contributed by atoms with van der Waals surface area (Å²) < 4.78 is 11.5. The lowest BCUT2D eigenvalue weighted by atomic mass is 9.51. The van der Waals surface area contributed by atoms with Crippen molar-refractivity contribution in [3.8, 4) is 18.2 Å². The molecule has 0 aliphatic carbocycles. The molecule has 4 rings (SSSR count). The first-order valence-corrected chi connectivity index (χ1v) is 7.01. The molecule has 1 N–H and O–H groups in total. The van der Waals surface area contributed by atoms with Crippen LogP contribution in [0.1, 0.15) is 25.5 Å². The molecule has 3 aliphatic heterocycles. The fraction of sp³-hybridized carbons (Fsp3) is 0.438. The van der Waals surface area contributed by atoms with Crippen LogP contribution in [0, 0.1) is 56.2 Å². The van der Waals surface area contributed by atoms with E-state index in [1.165, 1.54) is 12.4 Å². The molecule has 0 spiro atoms. The van der Waals surface area contributed by atoms with E-state index >= 15 is 0 Å². The van der Waals surface area contributed by atoms with Crippen LogP contribution in [0.3, 0.4) is 0 Å². The third-order valence-electron chi connectivity index (χ3n) is 5.00. The first-order chi connectivity index (χ1) is 10.9. The van der Waals surface area contributed by atoms with Crippen molar-refractivity contribution in [2.75, 3.05) is 0 Å². The molecule has 4 heterocycles. The predicted molar refractivity (Wildman–Crippen MR) is 76.1 cm³/mol. The van der Waals surface area contributed by atoms with Crippen LogP contribution in [0.2, 0.25) is 0 Å². The number of hydrogen-bond acceptors (Lipinski definition) is 7. The van der Waals surface area contributed by atoms with Gasteiger partial charge in [-0.2, -0.15) is 15.8 Å². The molecule has 3 fully saturated rings. The van der Waals surface area contributed by atoms with Gasteiger partial charge in [0.05, 0.1) is 24.1 Å². The molecule has 4 atom stereocenters. The second-order valence-corrected chi connectivity index (χ2v) is 5.90. The molecule has 0 radical (unpaired) electrons. The predicted octanol–water partition coefficient (Wildman–Crippen LogP) is 2.06. The molecule has 114 valence electrons. The quantitative estimate of drug-likeness (QED) is 0.846. The Morgan fingerprint density at radius 1 is 1.17 bits per heavy atom. The van der Waals surface area contributed by atoms with Crippen LogP contribution in [0.5, 0.6) is 0 Å². The normalized spacial score (nSPS) is 37.1. The van der Waals surface area contributed by atoms with E-state index in [0.717, 1.165) is 0 Å². The van der Waals surface area contributed by atoms with E-state index in [4.69, 9.17) is 14.9 Å². The van der Waals surface area contributed by atoms with Crippen molar-refractivity contribution in [2.24, 2.45) is 16.7 Å². The van der Waals surface area contributed by atoms with Gasteiger partial charge in [-0.15, -0.1) is 0 Å². The van der Waals surface area contributed by atoms with Crippen molar-refractivity contribution >= 4 is 5.90 Å². The van der Waals surface area contributed by atoms with Crippen LogP contribution in [0.4, 0.5) is 0 Å². The molecule has 2 bridgehead atoms. The Labute approximate surface area is 133 Å². The number of fused-ring (bicyclic) bond motifs is 3. The minimum atomic E-state index is -1.84. The Hall–Kier alpha value is -2.95. The van der Waals surface area contributed by atoms with Crippen LogP contribution in [0.15, 0.2) is 24.5 Å². The molecular formula is C16H13N5O2. The van der Waals surface area contributed by atoms with Crippen molar-refractivity contribution in [2.45, 2.75) is 25.7 Å². The van der Waals surface area contributed by atoms with Crippen molar-refractivity contribution in [3.05, 3.63) is 30.1 Å². The molecule has 0 aromatic carbocycles. The number of nitriles is 3. The first-order valence-electron chi connectivity index (χ1n) is 7.01. The smallest absolute Gasteiger partial charge is 0.215 e. The molecule has 0 amide bonds. The minimum Gasteiger partial charge on any atom is -0.448 e. The maximum Gasteiger partial charge on any atom is 0.215 e. The third kappa shape index (κ3) is 1.49. The summed E-state index contributed by atoms with van der Waals surface area (Å²) in [5.41, 5.74) is -3.02. The topological polar surface area (TPSA) is 127 Å². The molecule has 3 aliphatic rings. The summed E-state index contributed by atoms with van der Waals surface area (Å²) in [6, 6.07) is 9.28. The van der Waals surface area contributed by atoms with Crippen molar-refractivity contribution in [3.63, 3.8) is 0 Å². The van der Waals surface area contributed by atoms with Gasteiger partial charge >= 0.3 is 0 Å². The van der Waals surface area contributed by atoms with Gasteiger partial charge in [-0.05, 0) is 17.7 Å². The molecule has 0 unspecified atom stereocenters. The number of nitrogens with one attached hydrogen (secondary N) is 1. The summed E-state index contributed by atoms with van der Waals surface area (Å²) in [6.07, 6.45) is 2.10. The zero-order valence-corrected chi connectivity index (χ0v) is 12.6. The van der Waals surface area contributed by atoms with Gasteiger partial charge in [-0.25, -0.2) is 0 Å². The monoisotopic (exact) mass is 307 g/mol. The van der Waals surface area contributed by atoms with E-state index in [0.29, 0.717) is 5.56 Å². The second-order valence-electron chi connectivity index (χ2n) is 5.90. The summed E-state index contributed by atoms with van der Waals surface area (Å²) in [5, 5.41) is 37.7. The molecule has 7 nitrogen and oxygen atoms in total. The molecule has 1 aromatic rings. The lowest BCUT2D eigenvalue weighted by molar-refractivity contribution is -0.338. The van der Waals surface area contributed by atoms with Crippen molar-refractivity contribution in [1.82, 2.24) is 4.98 Å². The maximum absolute atomic E-state index is 9.90. The Morgan fingerprint density at radius 2 is 1.78 bits per heavy atom. The Balaban J connectivity index is 2.35. The van der Waals surface area contributed by atoms with Crippen molar-refractivity contribution in [1.29, 1.82) is 21.2 Å². The number of pyridine rings is 1. The SMILES string of the molecule is C[C@@H]1C(C#N)(C#N)[C@@]2(C#N)C(=N)O[C@@]1(C)O[C@@H]2c1ccncc1. The number of ether oxygens (including phenoxy) is 2. The van der Waals surface area contributed by atoms with E-state index in [2.05, 4.69) is 4.98 Å². The van der Waals surface area contributed by atoms with Gasteiger partial charge in [0.15, 0.2) is 10.8 Å². The fourth-order valence-electron chi connectivity index (χ4n) is 3.51. The first kappa shape index (κ1) is 15.0. The average Bonchev–Trinajstić information content (AvgIpc) is 2.57. The highest BCUT2D eigenvalue weighted by Crippen LogP contribution is 2.66. The highest BCUT2D eigenvalue weighted by molar-refractivity contribution is 5.88. The molecular weight excluding hydrogens is 294 g/mol. The van der Waals surface area contributed by atoms with E-state index in [1.807, 2.05) is 18.2 Å². The van der Waals surface area contributed by atoms with Crippen LogP contribution >= 0.6 is 0 Å². The fourth-order valence-corrected chi connectivity index (χ4v) is 3.51. The van der Waals surface area contributed by atoms with Gasteiger partial charge in [-0.1, -0.05) is 6.92 Å². The van der Waals surface area contributed by atoms with Gasteiger partial charge in [0.1, 0.15) is 6.10 Å². The Morgan fingerprint density at radius 3 is 2.30 bits per heavy atom. The Bertz CT molecular complexity index is 788. The largest absolute Gasteiger partial charge is 0.448 e. The van der Waals surface area contributed by atoms with E-state index in [9.17, 15) is 15.8 Å². The minimum absolute atomic E-state index is 0.406. The Kier molecular flexibility index (Phi) is 2.94. The standard InChI is InChI=1S/C16H13N5O2/c1-10-14(2)22-12(11-3-5-21-6-4-11)16(9-19,13(20)23-14)15(10,7-17)8-18/h3-6,10,12,20H,1-2H3/t10-,12+,14+,16+/m0/s1. The lowest BCUT2D eigenvalue weighted by Gasteiger charge is -2.60. The number of hydrogen-bond donors (Lipinski definition) is 1. The second kappa shape index (κ2) is 4.52. The van der Waals surface area contributed by atoms with Crippen LogP contribution in [0.25, 0.3) is 0 Å². The van der Waals surface area contributed by atoms with Crippen LogP contribution < -0.4 is 0 Å². The van der Waals surface area contributed by atoms with Gasteiger partial charge in [-0.3, -0.25) is 10.4 Å². The van der Waals surface area contributed by atoms with E-state index in [1.54, 1.807) is 26.0 Å². The van der Waals surface area contributed by atoms with Gasteiger partial charge in [0.2, 0.25) is 11.7 Å². The van der Waals surface area contributed by atoms with Crippen molar-refractivity contribution < 1.29 is 9.47 Å². The summed E-state index contributed by atoms with van der Waals surface area (Å²) >= 11 is 0. The molecule has 0 saturated carbocycles.